The first-order valence-corrected chi connectivity index (χ1v) is 9.51. The highest BCUT2D eigenvalue weighted by atomic mass is 32.2. The lowest BCUT2D eigenvalue weighted by atomic mass is 9.81. The van der Waals surface area contributed by atoms with E-state index in [2.05, 4.69) is 0 Å². The van der Waals surface area contributed by atoms with Gasteiger partial charge in [0, 0.05) is 25.4 Å². The van der Waals surface area contributed by atoms with E-state index >= 15 is 0 Å². The van der Waals surface area contributed by atoms with Crippen LogP contribution in [0.5, 0.6) is 0 Å². The summed E-state index contributed by atoms with van der Waals surface area (Å²) >= 11 is 0. The number of hydrogen-bond acceptors (Lipinski definition) is 5. The SMILES string of the molecule is COC(=O)C[C@H]1CCN(S(=O)(=O)c2ccc(C)cc2)C[C@@H]1[C@H](C)O. The standard InChI is InChI=1S/C17H25NO5S/c1-12-4-6-15(7-5-12)24(21,22)18-9-8-14(10-17(20)23-3)16(11-18)13(2)19/h4-7,13-14,16,19H,8-11H2,1-3H3/t13-,14+,16+/m0/s1. The molecular weight excluding hydrogens is 330 g/mol. The highest BCUT2D eigenvalue weighted by molar-refractivity contribution is 7.89. The van der Waals surface area contributed by atoms with Crippen LogP contribution in [0.4, 0.5) is 0 Å². The van der Waals surface area contributed by atoms with Crippen molar-refractivity contribution < 1.29 is 23.1 Å². The molecule has 1 saturated heterocycles. The molecule has 0 amide bonds. The fourth-order valence-electron chi connectivity index (χ4n) is 3.17. The minimum absolute atomic E-state index is 0.0816. The maximum atomic E-state index is 12.8. The number of aliphatic hydroxyl groups excluding tert-OH is 1. The predicted octanol–water partition coefficient (Wildman–Crippen LogP) is 1.57. The molecule has 0 saturated carbocycles. The fourth-order valence-corrected chi connectivity index (χ4v) is 4.67. The summed E-state index contributed by atoms with van der Waals surface area (Å²) < 4.78 is 31.7. The number of aryl methyl sites for hydroxylation is 1. The van der Waals surface area contributed by atoms with Gasteiger partial charge in [0.2, 0.25) is 10.0 Å². The minimum atomic E-state index is -3.60. The molecule has 0 bridgehead atoms. The van der Waals surface area contributed by atoms with Gasteiger partial charge in [0.25, 0.3) is 0 Å². The van der Waals surface area contributed by atoms with Crippen molar-refractivity contribution in [2.45, 2.75) is 37.7 Å². The Morgan fingerprint density at radius 2 is 2.00 bits per heavy atom. The molecule has 0 unspecified atom stereocenters. The van der Waals surface area contributed by atoms with Crippen molar-refractivity contribution in [3.8, 4) is 0 Å². The molecule has 0 aromatic heterocycles. The number of aliphatic hydroxyl groups is 1. The van der Waals surface area contributed by atoms with Gasteiger partial charge in [-0.2, -0.15) is 4.31 Å². The van der Waals surface area contributed by atoms with E-state index in [4.69, 9.17) is 4.74 Å². The monoisotopic (exact) mass is 355 g/mol. The first kappa shape index (κ1) is 18.9. The molecule has 24 heavy (non-hydrogen) atoms. The number of rotatable bonds is 5. The van der Waals surface area contributed by atoms with Gasteiger partial charge in [0.1, 0.15) is 0 Å². The van der Waals surface area contributed by atoms with Crippen molar-refractivity contribution in [3.05, 3.63) is 29.8 Å². The minimum Gasteiger partial charge on any atom is -0.469 e. The van der Waals surface area contributed by atoms with Crippen LogP contribution < -0.4 is 0 Å². The van der Waals surface area contributed by atoms with Crippen molar-refractivity contribution in [3.63, 3.8) is 0 Å². The van der Waals surface area contributed by atoms with Crippen LogP contribution in [-0.2, 0) is 19.6 Å². The summed E-state index contributed by atoms with van der Waals surface area (Å²) in [7, 11) is -2.27. The lowest BCUT2D eigenvalue weighted by Gasteiger charge is -2.38. The third-order valence-corrected chi connectivity index (χ3v) is 6.58. The van der Waals surface area contributed by atoms with Gasteiger partial charge in [-0.05, 0) is 38.3 Å². The molecule has 3 atom stereocenters. The fraction of sp³-hybridized carbons (Fsp3) is 0.588. The van der Waals surface area contributed by atoms with Gasteiger partial charge in [0.05, 0.1) is 18.1 Å². The lowest BCUT2D eigenvalue weighted by Crippen LogP contribution is -2.47. The summed E-state index contributed by atoms with van der Waals surface area (Å²) in [4.78, 5) is 11.8. The number of sulfonamides is 1. The molecule has 0 radical (unpaired) electrons. The average Bonchev–Trinajstić information content (AvgIpc) is 2.55. The Morgan fingerprint density at radius 3 is 2.54 bits per heavy atom. The third-order valence-electron chi connectivity index (χ3n) is 4.70. The van der Waals surface area contributed by atoms with Crippen LogP contribution in [0.15, 0.2) is 29.2 Å². The Bertz CT molecular complexity index is 669. The van der Waals surface area contributed by atoms with Crippen LogP contribution in [0, 0.1) is 18.8 Å². The molecule has 1 aliphatic heterocycles. The molecule has 1 aromatic carbocycles. The van der Waals surface area contributed by atoms with E-state index in [1.165, 1.54) is 11.4 Å². The van der Waals surface area contributed by atoms with Crippen LogP contribution in [-0.4, -0.2) is 50.1 Å². The maximum absolute atomic E-state index is 12.8. The quantitative estimate of drug-likeness (QED) is 0.811. The van der Waals surface area contributed by atoms with Crippen LogP contribution in [0.25, 0.3) is 0 Å². The van der Waals surface area contributed by atoms with Crippen LogP contribution in [0.2, 0.25) is 0 Å². The Balaban J connectivity index is 2.19. The third kappa shape index (κ3) is 4.15. The highest BCUT2D eigenvalue weighted by Crippen LogP contribution is 2.32. The average molecular weight is 355 g/mol. The van der Waals surface area contributed by atoms with Gasteiger partial charge in [-0.15, -0.1) is 0 Å². The number of hydrogen-bond donors (Lipinski definition) is 1. The maximum Gasteiger partial charge on any atom is 0.305 e. The number of carbonyl (C=O) groups is 1. The van der Waals surface area contributed by atoms with Gasteiger partial charge in [-0.1, -0.05) is 17.7 Å². The summed E-state index contributed by atoms with van der Waals surface area (Å²) in [5.41, 5.74) is 0.993. The van der Waals surface area contributed by atoms with Crippen LogP contribution in [0.1, 0.15) is 25.3 Å². The number of benzene rings is 1. The van der Waals surface area contributed by atoms with E-state index in [1.54, 1.807) is 31.2 Å². The van der Waals surface area contributed by atoms with E-state index in [-0.39, 0.29) is 35.7 Å². The summed E-state index contributed by atoms with van der Waals surface area (Å²) in [6.45, 7) is 4.08. The topological polar surface area (TPSA) is 83.9 Å². The summed E-state index contributed by atoms with van der Waals surface area (Å²) in [6.07, 6.45) is 0.0240. The van der Waals surface area contributed by atoms with Gasteiger partial charge in [-0.25, -0.2) is 8.42 Å². The predicted molar refractivity (Wildman–Crippen MR) is 89.8 cm³/mol. The number of nitrogens with zero attached hydrogens (tertiary/aromatic N) is 1. The van der Waals surface area contributed by atoms with Crippen LogP contribution in [0.3, 0.4) is 0 Å². The number of esters is 1. The highest BCUT2D eigenvalue weighted by Gasteiger charge is 2.38. The normalized spacial score (nSPS) is 23.7. The van der Waals surface area contributed by atoms with E-state index in [9.17, 15) is 18.3 Å². The molecule has 134 valence electrons. The van der Waals surface area contributed by atoms with Gasteiger partial charge in [-0.3, -0.25) is 4.79 Å². The van der Waals surface area contributed by atoms with Crippen molar-refractivity contribution in [1.29, 1.82) is 0 Å². The Morgan fingerprint density at radius 1 is 1.38 bits per heavy atom. The van der Waals surface area contributed by atoms with Gasteiger partial charge < -0.3 is 9.84 Å². The largest absolute Gasteiger partial charge is 0.469 e. The van der Waals surface area contributed by atoms with Crippen molar-refractivity contribution >= 4 is 16.0 Å². The number of piperidine rings is 1. The Kier molecular flexibility index (Phi) is 6.01. The number of carbonyl (C=O) groups excluding carboxylic acids is 1. The second-order valence-corrected chi connectivity index (χ2v) is 8.35. The first-order valence-electron chi connectivity index (χ1n) is 8.07. The Labute approximate surface area is 143 Å². The summed E-state index contributed by atoms with van der Waals surface area (Å²) in [5.74, 6) is -0.708. The second kappa shape index (κ2) is 7.63. The number of ether oxygens (including phenoxy) is 1. The smallest absolute Gasteiger partial charge is 0.305 e. The Hall–Kier alpha value is -1.44. The van der Waals surface area contributed by atoms with Crippen molar-refractivity contribution in [2.24, 2.45) is 11.8 Å². The van der Waals surface area contributed by atoms with E-state index in [0.717, 1.165) is 5.56 Å². The molecular formula is C17H25NO5S. The molecule has 6 nitrogen and oxygen atoms in total. The molecule has 0 aliphatic carbocycles. The molecule has 2 rings (SSSR count). The zero-order chi connectivity index (χ0) is 17.9. The summed E-state index contributed by atoms with van der Waals surface area (Å²) in [5, 5.41) is 10.1. The second-order valence-electron chi connectivity index (χ2n) is 6.41. The molecule has 0 spiro atoms. The zero-order valence-electron chi connectivity index (χ0n) is 14.3. The van der Waals surface area contributed by atoms with Gasteiger partial charge in [0.15, 0.2) is 0 Å². The molecule has 7 heteroatoms. The lowest BCUT2D eigenvalue weighted by molar-refractivity contribution is -0.143. The summed E-state index contributed by atoms with van der Waals surface area (Å²) in [6, 6.07) is 6.73. The first-order chi connectivity index (χ1) is 11.3. The van der Waals surface area contributed by atoms with Crippen molar-refractivity contribution in [2.75, 3.05) is 20.2 Å². The molecule has 1 fully saturated rings. The van der Waals surface area contributed by atoms with Gasteiger partial charge >= 0.3 is 5.97 Å². The molecule has 1 heterocycles. The zero-order valence-corrected chi connectivity index (χ0v) is 15.1. The molecule has 1 N–H and O–H groups in total. The van der Waals surface area contributed by atoms with E-state index in [1.807, 2.05) is 6.92 Å². The number of methoxy groups -OCH3 is 1. The molecule has 1 aromatic rings. The van der Waals surface area contributed by atoms with E-state index < -0.39 is 16.1 Å². The molecule has 1 aliphatic rings. The van der Waals surface area contributed by atoms with Crippen molar-refractivity contribution in [1.82, 2.24) is 4.31 Å². The van der Waals surface area contributed by atoms with Crippen LogP contribution >= 0.6 is 0 Å². The van der Waals surface area contributed by atoms with E-state index in [0.29, 0.717) is 13.0 Å².